The Hall–Kier alpha value is -2.94. The van der Waals surface area contributed by atoms with Crippen LogP contribution in [0.5, 0.6) is 11.5 Å². The molecule has 7 nitrogen and oxygen atoms in total. The molecule has 3 heterocycles. The number of anilines is 2. The molecule has 1 saturated heterocycles. The van der Waals surface area contributed by atoms with E-state index >= 15 is 0 Å². The molecule has 166 valence electrons. The molecule has 1 aromatic heterocycles. The lowest BCUT2D eigenvalue weighted by molar-refractivity contribution is -0.286. The van der Waals surface area contributed by atoms with Crippen LogP contribution in [0.3, 0.4) is 0 Å². The first-order valence-corrected chi connectivity index (χ1v) is 10.2. The number of rotatable bonds is 4. The topological polar surface area (TPSA) is 83.9 Å². The van der Waals surface area contributed by atoms with E-state index in [0.29, 0.717) is 17.9 Å². The largest absolute Gasteiger partial charge is 0.586 e. The fraction of sp³-hybridized carbons (Fsp3) is 0.455. The predicted molar refractivity (Wildman–Crippen MR) is 111 cm³/mol. The molecule has 1 fully saturated rings. The Labute approximate surface area is 179 Å². The maximum Gasteiger partial charge on any atom is 0.586 e. The van der Waals surface area contributed by atoms with Gasteiger partial charge in [-0.05, 0) is 62.9 Å². The second-order valence-corrected chi connectivity index (χ2v) is 8.49. The molecule has 0 spiro atoms. The third-order valence-corrected chi connectivity index (χ3v) is 5.70. The van der Waals surface area contributed by atoms with E-state index in [1.165, 1.54) is 12.1 Å². The fourth-order valence-electron chi connectivity index (χ4n) is 3.80. The highest BCUT2D eigenvalue weighted by Crippen LogP contribution is 2.43. The molecule has 1 aromatic carbocycles. The minimum atomic E-state index is -3.71. The summed E-state index contributed by atoms with van der Waals surface area (Å²) in [6.45, 7) is 6.59. The van der Waals surface area contributed by atoms with E-state index in [1.807, 2.05) is 17.9 Å². The standard InChI is InChI=1S/C22H25F2N3O4/c1-13-6-9-18(25-19(13)27-10-4-5-15(28)12-27)26-20(29)21(2,3)14-7-8-16-17(11-14)31-22(23,24)30-16/h6-9,11,15,28H,4-5,10,12H2,1-3H3,(H,25,26,29). The number of nitrogens with zero attached hydrogens (tertiary/aromatic N) is 2. The maximum atomic E-state index is 13.3. The van der Waals surface area contributed by atoms with Crippen molar-refractivity contribution in [2.24, 2.45) is 0 Å². The first-order chi connectivity index (χ1) is 14.5. The number of hydrogen-bond donors (Lipinski definition) is 2. The maximum absolute atomic E-state index is 13.3. The molecule has 31 heavy (non-hydrogen) atoms. The van der Waals surface area contributed by atoms with Gasteiger partial charge in [0.15, 0.2) is 11.5 Å². The van der Waals surface area contributed by atoms with Gasteiger partial charge in [0, 0.05) is 13.1 Å². The van der Waals surface area contributed by atoms with Gasteiger partial charge < -0.3 is 24.8 Å². The molecule has 0 bridgehead atoms. The molecule has 4 rings (SSSR count). The van der Waals surface area contributed by atoms with Gasteiger partial charge in [-0.1, -0.05) is 12.1 Å². The van der Waals surface area contributed by atoms with Crippen molar-refractivity contribution in [2.45, 2.75) is 51.4 Å². The Bertz CT molecular complexity index is 1010. The van der Waals surface area contributed by atoms with E-state index < -0.39 is 17.8 Å². The van der Waals surface area contributed by atoms with Crippen LogP contribution in [0.2, 0.25) is 0 Å². The van der Waals surface area contributed by atoms with Crippen LogP contribution in [0.4, 0.5) is 20.4 Å². The number of pyridine rings is 1. The average Bonchev–Trinajstić information content (AvgIpc) is 3.02. The number of piperidine rings is 1. The van der Waals surface area contributed by atoms with Gasteiger partial charge in [-0.3, -0.25) is 4.79 Å². The summed E-state index contributed by atoms with van der Waals surface area (Å²) in [6, 6.07) is 7.90. The summed E-state index contributed by atoms with van der Waals surface area (Å²) in [7, 11) is 0. The van der Waals surface area contributed by atoms with Gasteiger partial charge in [0.05, 0.1) is 11.5 Å². The smallest absolute Gasteiger partial charge is 0.395 e. The number of β-amino-alcohol motifs (C(OH)–C–C–N with tert-alkyl or cyclic N) is 1. The van der Waals surface area contributed by atoms with Crippen molar-refractivity contribution >= 4 is 17.5 Å². The second kappa shape index (κ2) is 7.64. The number of halogens is 2. The van der Waals surface area contributed by atoms with E-state index in [-0.39, 0.29) is 17.4 Å². The number of benzene rings is 1. The molecule has 1 amide bonds. The van der Waals surface area contributed by atoms with E-state index in [4.69, 9.17) is 0 Å². The number of fused-ring (bicyclic) bond motifs is 1. The number of aliphatic hydroxyl groups is 1. The number of carbonyl (C=O) groups excluding carboxylic acids is 1. The number of hydrogen-bond acceptors (Lipinski definition) is 6. The zero-order valence-corrected chi connectivity index (χ0v) is 17.6. The number of aromatic nitrogens is 1. The molecule has 0 aliphatic carbocycles. The predicted octanol–water partition coefficient (Wildman–Crippen LogP) is 3.59. The van der Waals surface area contributed by atoms with Crippen molar-refractivity contribution in [3.63, 3.8) is 0 Å². The Morgan fingerprint density at radius 1 is 1.26 bits per heavy atom. The number of ether oxygens (including phenoxy) is 2. The molecule has 1 atom stereocenters. The van der Waals surface area contributed by atoms with Crippen LogP contribution < -0.4 is 19.7 Å². The Balaban J connectivity index is 1.53. The van der Waals surface area contributed by atoms with Crippen LogP contribution in [0, 0.1) is 6.92 Å². The van der Waals surface area contributed by atoms with Gasteiger partial charge in [0.2, 0.25) is 5.91 Å². The minimum Gasteiger partial charge on any atom is -0.395 e. The summed E-state index contributed by atoms with van der Waals surface area (Å²) in [5.74, 6) is 0.575. The van der Waals surface area contributed by atoms with Gasteiger partial charge in [-0.15, -0.1) is 8.78 Å². The Morgan fingerprint density at radius 3 is 2.74 bits per heavy atom. The lowest BCUT2D eigenvalue weighted by Crippen LogP contribution is -2.39. The van der Waals surface area contributed by atoms with Gasteiger partial charge in [0.25, 0.3) is 0 Å². The van der Waals surface area contributed by atoms with Gasteiger partial charge in [-0.25, -0.2) is 4.98 Å². The summed E-state index contributed by atoms with van der Waals surface area (Å²) in [4.78, 5) is 19.7. The summed E-state index contributed by atoms with van der Waals surface area (Å²) < 4.78 is 35.5. The molecule has 1 unspecified atom stereocenters. The fourth-order valence-corrected chi connectivity index (χ4v) is 3.80. The highest BCUT2D eigenvalue weighted by atomic mass is 19.3. The van der Waals surface area contributed by atoms with Crippen LogP contribution in [0.25, 0.3) is 0 Å². The van der Waals surface area contributed by atoms with E-state index in [9.17, 15) is 18.7 Å². The molecular weight excluding hydrogens is 408 g/mol. The second-order valence-electron chi connectivity index (χ2n) is 8.49. The molecule has 2 aliphatic heterocycles. The Kier molecular flexibility index (Phi) is 5.25. The van der Waals surface area contributed by atoms with Crippen LogP contribution in [0.15, 0.2) is 30.3 Å². The number of carbonyl (C=O) groups is 1. The minimum absolute atomic E-state index is 0.0708. The van der Waals surface area contributed by atoms with Crippen LogP contribution in [-0.4, -0.2) is 41.5 Å². The third kappa shape index (κ3) is 4.27. The van der Waals surface area contributed by atoms with Gasteiger partial charge in [0.1, 0.15) is 11.6 Å². The monoisotopic (exact) mass is 433 g/mol. The first kappa shape index (κ1) is 21.3. The molecule has 2 N–H and O–H groups in total. The highest BCUT2D eigenvalue weighted by molar-refractivity contribution is 5.98. The summed E-state index contributed by atoms with van der Waals surface area (Å²) >= 11 is 0. The van der Waals surface area contributed by atoms with E-state index in [2.05, 4.69) is 19.8 Å². The van der Waals surface area contributed by atoms with E-state index in [1.54, 1.807) is 26.0 Å². The van der Waals surface area contributed by atoms with Crippen molar-refractivity contribution in [3.05, 3.63) is 41.5 Å². The number of alkyl halides is 2. The lowest BCUT2D eigenvalue weighted by atomic mass is 9.83. The normalized spacial score (nSPS) is 19.9. The van der Waals surface area contributed by atoms with Crippen molar-refractivity contribution in [1.29, 1.82) is 0 Å². The number of nitrogens with one attached hydrogen (secondary N) is 1. The van der Waals surface area contributed by atoms with Crippen molar-refractivity contribution < 1.29 is 28.2 Å². The Morgan fingerprint density at radius 2 is 2.00 bits per heavy atom. The van der Waals surface area contributed by atoms with Crippen LogP contribution in [-0.2, 0) is 10.2 Å². The highest BCUT2D eigenvalue weighted by Gasteiger charge is 2.44. The van der Waals surface area contributed by atoms with Gasteiger partial charge >= 0.3 is 6.29 Å². The van der Waals surface area contributed by atoms with E-state index in [0.717, 1.165) is 30.8 Å². The number of aryl methyl sites for hydroxylation is 1. The summed E-state index contributed by atoms with van der Waals surface area (Å²) in [5, 5.41) is 12.8. The molecule has 9 heteroatoms. The number of amides is 1. The molecule has 0 saturated carbocycles. The SMILES string of the molecule is Cc1ccc(NC(=O)C(C)(C)c2ccc3c(c2)OC(F)(F)O3)nc1N1CCCC(O)C1. The van der Waals surface area contributed by atoms with Crippen LogP contribution in [0.1, 0.15) is 37.8 Å². The molecule has 2 aliphatic rings. The van der Waals surface area contributed by atoms with Crippen molar-refractivity contribution in [2.75, 3.05) is 23.3 Å². The quantitative estimate of drug-likeness (QED) is 0.767. The average molecular weight is 433 g/mol. The zero-order valence-electron chi connectivity index (χ0n) is 17.6. The van der Waals surface area contributed by atoms with Gasteiger partial charge in [-0.2, -0.15) is 0 Å². The first-order valence-electron chi connectivity index (χ1n) is 10.2. The summed E-state index contributed by atoms with van der Waals surface area (Å²) in [6.07, 6.45) is -2.47. The summed E-state index contributed by atoms with van der Waals surface area (Å²) in [5.41, 5.74) is 0.393. The molecule has 0 radical (unpaired) electrons. The number of aliphatic hydroxyl groups excluding tert-OH is 1. The van der Waals surface area contributed by atoms with Crippen LogP contribution >= 0.6 is 0 Å². The molecular formula is C22H25F2N3O4. The zero-order chi connectivity index (χ0) is 22.4. The lowest BCUT2D eigenvalue weighted by Gasteiger charge is -2.32. The van der Waals surface area contributed by atoms with Crippen molar-refractivity contribution in [3.8, 4) is 11.5 Å². The molecule has 2 aromatic rings. The van der Waals surface area contributed by atoms with Crippen molar-refractivity contribution in [1.82, 2.24) is 4.98 Å². The third-order valence-electron chi connectivity index (χ3n) is 5.70.